The number of amides is 1. The van der Waals surface area contributed by atoms with Crippen LogP contribution in [0.1, 0.15) is 12.8 Å². The van der Waals surface area contributed by atoms with Crippen LogP contribution in [0.2, 0.25) is 0 Å². The van der Waals surface area contributed by atoms with E-state index in [2.05, 4.69) is 5.32 Å². The Hall–Kier alpha value is -0.360. The van der Waals surface area contributed by atoms with Crippen molar-refractivity contribution in [3.05, 3.63) is 0 Å². The van der Waals surface area contributed by atoms with Gasteiger partial charge >= 0.3 is 0 Å². The molecule has 6 heteroatoms. The molecule has 15 heavy (non-hydrogen) atoms. The van der Waals surface area contributed by atoms with Crippen molar-refractivity contribution in [2.24, 2.45) is 5.73 Å². The van der Waals surface area contributed by atoms with E-state index in [4.69, 9.17) is 5.73 Å². The summed E-state index contributed by atoms with van der Waals surface area (Å²) < 4.78 is 0. The first-order valence-corrected chi connectivity index (χ1v) is 5.12. The van der Waals surface area contributed by atoms with Crippen LogP contribution in [0.15, 0.2) is 0 Å². The Morgan fingerprint density at radius 2 is 2.27 bits per heavy atom. The molecule has 0 aliphatic carbocycles. The molecule has 4 N–H and O–H groups in total. The van der Waals surface area contributed by atoms with Gasteiger partial charge in [-0.05, 0) is 12.8 Å². The molecular weight excluding hydrogens is 218 g/mol. The Balaban J connectivity index is 0.00000112. The van der Waals surface area contributed by atoms with E-state index in [0.29, 0.717) is 19.5 Å². The van der Waals surface area contributed by atoms with Crippen LogP contribution in [0, 0.1) is 0 Å². The van der Waals surface area contributed by atoms with Crippen molar-refractivity contribution in [1.82, 2.24) is 10.2 Å². The summed E-state index contributed by atoms with van der Waals surface area (Å²) >= 11 is 0. The monoisotopic (exact) mass is 235 g/mol. The van der Waals surface area contributed by atoms with Gasteiger partial charge in [0.25, 0.3) is 0 Å². The molecule has 5 nitrogen and oxygen atoms in total. The molecule has 2 saturated heterocycles. The molecule has 0 saturated carbocycles. The van der Waals surface area contributed by atoms with Crippen LogP contribution in [0.3, 0.4) is 0 Å². The lowest BCUT2D eigenvalue weighted by Crippen LogP contribution is -2.43. The van der Waals surface area contributed by atoms with Gasteiger partial charge in [0.1, 0.15) is 0 Å². The van der Waals surface area contributed by atoms with E-state index in [9.17, 15) is 9.90 Å². The molecule has 0 radical (unpaired) electrons. The van der Waals surface area contributed by atoms with Gasteiger partial charge in [-0.2, -0.15) is 0 Å². The highest BCUT2D eigenvalue weighted by Gasteiger charge is 2.33. The predicted molar refractivity (Wildman–Crippen MR) is 58.8 cm³/mol. The fourth-order valence-electron chi connectivity index (χ4n) is 2.11. The molecule has 2 aliphatic heterocycles. The molecule has 3 atom stereocenters. The fourth-order valence-corrected chi connectivity index (χ4v) is 2.11. The second-order valence-electron chi connectivity index (χ2n) is 4.18. The van der Waals surface area contributed by atoms with Crippen LogP contribution in [-0.2, 0) is 4.79 Å². The third-order valence-electron chi connectivity index (χ3n) is 2.94. The molecule has 88 valence electrons. The average molecular weight is 236 g/mol. The first-order valence-electron chi connectivity index (χ1n) is 5.12. The SMILES string of the molecule is Cl.N[C@@H]1CCN(C(=O)[C@H]2C[C@H](O)CN2)C1. The van der Waals surface area contributed by atoms with Crippen LogP contribution in [0.25, 0.3) is 0 Å². The molecule has 0 aromatic carbocycles. The van der Waals surface area contributed by atoms with Gasteiger partial charge < -0.3 is 21.1 Å². The minimum atomic E-state index is -0.375. The predicted octanol–water partition coefficient (Wildman–Crippen LogP) is -1.31. The Morgan fingerprint density at radius 1 is 1.53 bits per heavy atom. The van der Waals surface area contributed by atoms with Crippen LogP contribution >= 0.6 is 12.4 Å². The maximum Gasteiger partial charge on any atom is 0.239 e. The van der Waals surface area contributed by atoms with Gasteiger partial charge in [-0.25, -0.2) is 0 Å². The summed E-state index contributed by atoms with van der Waals surface area (Å²) in [5.41, 5.74) is 5.73. The lowest BCUT2D eigenvalue weighted by Gasteiger charge is -2.19. The topological polar surface area (TPSA) is 78.6 Å². The zero-order valence-electron chi connectivity index (χ0n) is 8.56. The van der Waals surface area contributed by atoms with E-state index >= 15 is 0 Å². The number of carbonyl (C=O) groups excluding carboxylic acids is 1. The number of nitrogens with one attached hydrogen (secondary N) is 1. The number of nitrogens with two attached hydrogens (primary N) is 1. The lowest BCUT2D eigenvalue weighted by atomic mass is 10.2. The highest BCUT2D eigenvalue weighted by Crippen LogP contribution is 2.13. The third kappa shape index (κ3) is 2.81. The van der Waals surface area contributed by atoms with Gasteiger partial charge in [0.2, 0.25) is 5.91 Å². The standard InChI is InChI=1S/C9H17N3O2.ClH/c10-6-1-2-12(5-6)9(14)8-3-7(13)4-11-8;/h6-8,11,13H,1-5,10H2;1H/t6-,7+,8-;/m1./s1. The summed E-state index contributed by atoms with van der Waals surface area (Å²) in [4.78, 5) is 13.6. The molecule has 2 heterocycles. The highest BCUT2D eigenvalue weighted by atomic mass is 35.5. The van der Waals surface area contributed by atoms with Crippen LogP contribution < -0.4 is 11.1 Å². The zero-order valence-corrected chi connectivity index (χ0v) is 9.37. The van der Waals surface area contributed by atoms with E-state index in [1.54, 1.807) is 4.90 Å². The maximum atomic E-state index is 11.8. The van der Waals surface area contributed by atoms with Gasteiger partial charge in [-0.3, -0.25) is 4.79 Å². The highest BCUT2D eigenvalue weighted by molar-refractivity contribution is 5.85. The number of nitrogens with zero attached hydrogens (tertiary/aromatic N) is 1. The molecule has 0 spiro atoms. The number of halogens is 1. The van der Waals surface area contributed by atoms with Crippen molar-refractivity contribution >= 4 is 18.3 Å². The second-order valence-corrected chi connectivity index (χ2v) is 4.18. The molecule has 0 aromatic rings. The Bertz CT molecular complexity index is 217. The van der Waals surface area contributed by atoms with E-state index in [0.717, 1.165) is 13.0 Å². The Labute approximate surface area is 95.4 Å². The Morgan fingerprint density at radius 3 is 2.73 bits per heavy atom. The molecule has 0 unspecified atom stereocenters. The largest absolute Gasteiger partial charge is 0.392 e. The quantitative estimate of drug-likeness (QED) is 0.528. The van der Waals surface area contributed by atoms with E-state index in [-0.39, 0.29) is 36.5 Å². The normalized spacial score (nSPS) is 35.3. The lowest BCUT2D eigenvalue weighted by molar-refractivity contribution is -0.132. The number of β-amino-alcohol motifs (C(OH)–C–C–N with tert-alkyl or cyclic N) is 1. The number of hydrogen-bond acceptors (Lipinski definition) is 4. The molecular formula is C9H18ClN3O2. The van der Waals surface area contributed by atoms with Crippen molar-refractivity contribution in [2.75, 3.05) is 19.6 Å². The van der Waals surface area contributed by atoms with Crippen molar-refractivity contribution < 1.29 is 9.90 Å². The number of aliphatic hydroxyl groups excluding tert-OH is 1. The summed E-state index contributed by atoms with van der Waals surface area (Å²) in [7, 11) is 0. The van der Waals surface area contributed by atoms with Crippen molar-refractivity contribution in [3.63, 3.8) is 0 Å². The zero-order chi connectivity index (χ0) is 10.1. The average Bonchev–Trinajstić information content (AvgIpc) is 2.73. The van der Waals surface area contributed by atoms with Gasteiger partial charge in [-0.15, -0.1) is 12.4 Å². The second kappa shape index (κ2) is 5.12. The van der Waals surface area contributed by atoms with E-state index in [1.807, 2.05) is 0 Å². The molecule has 2 fully saturated rings. The maximum absolute atomic E-state index is 11.8. The van der Waals surface area contributed by atoms with Crippen molar-refractivity contribution in [1.29, 1.82) is 0 Å². The fraction of sp³-hybridized carbons (Fsp3) is 0.889. The minimum absolute atomic E-state index is 0. The van der Waals surface area contributed by atoms with Gasteiger partial charge in [0.15, 0.2) is 0 Å². The molecule has 2 aliphatic rings. The minimum Gasteiger partial charge on any atom is -0.392 e. The summed E-state index contributed by atoms with van der Waals surface area (Å²) in [5.74, 6) is 0.0921. The molecule has 0 aromatic heterocycles. The van der Waals surface area contributed by atoms with E-state index in [1.165, 1.54) is 0 Å². The van der Waals surface area contributed by atoms with Gasteiger partial charge in [-0.1, -0.05) is 0 Å². The smallest absolute Gasteiger partial charge is 0.239 e. The number of carbonyl (C=O) groups is 1. The molecule has 1 amide bonds. The summed E-state index contributed by atoms with van der Waals surface area (Å²) in [6, 6.07) is -0.0689. The van der Waals surface area contributed by atoms with E-state index < -0.39 is 0 Å². The molecule has 0 bridgehead atoms. The van der Waals surface area contributed by atoms with Gasteiger partial charge in [0, 0.05) is 25.7 Å². The van der Waals surface area contributed by atoms with Crippen molar-refractivity contribution in [2.45, 2.75) is 31.0 Å². The van der Waals surface area contributed by atoms with Crippen LogP contribution in [0.5, 0.6) is 0 Å². The number of rotatable bonds is 1. The number of likely N-dealkylation sites (tertiary alicyclic amines) is 1. The molecule has 2 rings (SSSR count). The first-order chi connectivity index (χ1) is 6.66. The third-order valence-corrected chi connectivity index (χ3v) is 2.94. The summed E-state index contributed by atoms with van der Waals surface area (Å²) in [6.45, 7) is 1.94. The van der Waals surface area contributed by atoms with Gasteiger partial charge in [0.05, 0.1) is 12.1 Å². The van der Waals surface area contributed by atoms with Crippen molar-refractivity contribution in [3.8, 4) is 0 Å². The van der Waals surface area contributed by atoms with Crippen LogP contribution in [0.4, 0.5) is 0 Å². The Kier molecular flexibility index (Phi) is 4.33. The number of aliphatic hydroxyl groups is 1. The summed E-state index contributed by atoms with van der Waals surface area (Å²) in [5, 5.41) is 12.3. The van der Waals surface area contributed by atoms with Crippen LogP contribution in [-0.4, -0.2) is 53.7 Å². The first kappa shape index (κ1) is 12.7. The summed E-state index contributed by atoms with van der Waals surface area (Å²) in [6.07, 6.45) is 1.05. The number of hydrogen-bond donors (Lipinski definition) is 3.